The van der Waals surface area contributed by atoms with E-state index >= 15 is 0 Å². The van der Waals surface area contributed by atoms with E-state index in [1.54, 1.807) is 62.6 Å². The normalized spacial score (nSPS) is 12.1. The number of unbranched alkanes of at least 4 members (excludes halogenated alkanes) is 2. The average molecular weight is 463 g/mol. The number of carboxylic acid groups (broad SMARTS) is 1. The summed E-state index contributed by atoms with van der Waals surface area (Å²) in [6, 6.07) is 17.2. The van der Waals surface area contributed by atoms with Crippen molar-refractivity contribution in [2.75, 3.05) is 6.61 Å². The van der Waals surface area contributed by atoms with Crippen LogP contribution in [0.25, 0.3) is 11.1 Å². The van der Waals surface area contributed by atoms with E-state index in [1.165, 1.54) is 4.90 Å². The number of hydrogen-bond acceptors (Lipinski definition) is 4. The number of amides is 1. The topological polar surface area (TPSA) is 79.7 Å². The molecule has 1 heterocycles. The van der Waals surface area contributed by atoms with Crippen LogP contribution < -0.4 is 4.74 Å². The second-order valence-electron chi connectivity index (χ2n) is 8.25. The highest BCUT2D eigenvalue weighted by Crippen LogP contribution is 2.24. The Bertz CT molecular complexity index is 1150. The second kappa shape index (κ2) is 12.5. The van der Waals surface area contributed by atoms with Crippen LogP contribution in [0.1, 0.15) is 58.2 Å². The molecule has 0 spiro atoms. The van der Waals surface area contributed by atoms with Gasteiger partial charge < -0.3 is 14.7 Å². The number of carbonyl (C=O) groups is 2. The standard InChI is InChI=1S/C28H32N2O4/c1-21(2)30(28(33)23-15-13-22(14-16-23)24-10-8-17-29-19-24)20-25-9-5-6-11-26(25)34-18-7-3-4-12-27(31)32/h5-6,8-11,13-17,19,21H,3-4,7,12,18,20H2,1-2H3,(H,31,32)/i20D2. The third-order valence-electron chi connectivity index (χ3n) is 5.28. The van der Waals surface area contributed by atoms with Crippen molar-refractivity contribution in [1.29, 1.82) is 0 Å². The van der Waals surface area contributed by atoms with Gasteiger partial charge in [-0.05, 0) is 68.5 Å². The van der Waals surface area contributed by atoms with E-state index in [2.05, 4.69) is 4.98 Å². The highest BCUT2D eigenvalue weighted by atomic mass is 16.5. The lowest BCUT2D eigenvalue weighted by molar-refractivity contribution is -0.137. The molecule has 6 heteroatoms. The second-order valence-corrected chi connectivity index (χ2v) is 8.25. The third kappa shape index (κ3) is 7.17. The summed E-state index contributed by atoms with van der Waals surface area (Å²) in [7, 11) is 0. The third-order valence-corrected chi connectivity index (χ3v) is 5.28. The van der Waals surface area contributed by atoms with Gasteiger partial charge in [-0.2, -0.15) is 0 Å². The SMILES string of the molecule is [2H]C([2H])(c1ccccc1OCCCCCC(=O)O)N(C(=O)c1ccc(-c2cccnc2)cc1)C(C)C. The van der Waals surface area contributed by atoms with Crippen LogP contribution in [-0.4, -0.2) is 39.5 Å². The van der Waals surface area contributed by atoms with Gasteiger partial charge in [-0.1, -0.05) is 36.4 Å². The lowest BCUT2D eigenvalue weighted by Crippen LogP contribution is -2.36. The van der Waals surface area contributed by atoms with Gasteiger partial charge in [0.05, 0.1) is 9.35 Å². The molecular formula is C28H32N2O4. The van der Waals surface area contributed by atoms with E-state index in [4.69, 9.17) is 12.6 Å². The highest BCUT2D eigenvalue weighted by molar-refractivity contribution is 5.95. The maximum atomic E-state index is 13.5. The number of para-hydroxylation sites is 1. The summed E-state index contributed by atoms with van der Waals surface area (Å²) in [4.78, 5) is 29.6. The van der Waals surface area contributed by atoms with Gasteiger partial charge in [0.2, 0.25) is 0 Å². The van der Waals surface area contributed by atoms with Crippen molar-refractivity contribution in [3.8, 4) is 16.9 Å². The zero-order chi connectivity index (χ0) is 26.1. The molecule has 0 fully saturated rings. The fourth-order valence-electron chi connectivity index (χ4n) is 3.44. The van der Waals surface area contributed by atoms with Crippen molar-refractivity contribution in [3.05, 3.63) is 84.2 Å². The van der Waals surface area contributed by atoms with E-state index in [9.17, 15) is 9.59 Å². The van der Waals surface area contributed by atoms with Crippen molar-refractivity contribution in [2.45, 2.75) is 52.1 Å². The van der Waals surface area contributed by atoms with E-state index in [-0.39, 0.29) is 12.0 Å². The number of pyridine rings is 1. The fraction of sp³-hybridized carbons (Fsp3) is 0.321. The van der Waals surface area contributed by atoms with Gasteiger partial charge >= 0.3 is 5.97 Å². The molecule has 0 aliphatic carbocycles. The van der Waals surface area contributed by atoms with Gasteiger partial charge in [0.25, 0.3) is 5.91 Å². The molecule has 1 aromatic heterocycles. The Labute approximate surface area is 204 Å². The number of hydrogen-bond donors (Lipinski definition) is 1. The number of aliphatic carboxylic acids is 1. The molecule has 1 amide bonds. The molecule has 1 N–H and O–H groups in total. The van der Waals surface area contributed by atoms with Crippen LogP contribution in [0.5, 0.6) is 5.75 Å². The molecule has 178 valence electrons. The maximum absolute atomic E-state index is 13.5. The minimum Gasteiger partial charge on any atom is -0.493 e. The zero-order valence-electron chi connectivity index (χ0n) is 21.6. The molecule has 0 saturated carbocycles. The molecule has 0 bridgehead atoms. The fourth-order valence-corrected chi connectivity index (χ4v) is 3.44. The Kier molecular flexibility index (Phi) is 8.16. The summed E-state index contributed by atoms with van der Waals surface area (Å²) >= 11 is 0. The summed E-state index contributed by atoms with van der Waals surface area (Å²) < 4.78 is 23.8. The summed E-state index contributed by atoms with van der Waals surface area (Å²) in [6.07, 6.45) is 5.49. The molecule has 0 unspecified atom stereocenters. The van der Waals surface area contributed by atoms with Crippen LogP contribution in [0.15, 0.2) is 73.1 Å². The van der Waals surface area contributed by atoms with Crippen molar-refractivity contribution >= 4 is 11.9 Å². The molecule has 6 nitrogen and oxygen atoms in total. The molecule has 3 aromatic rings. The minimum atomic E-state index is -2.13. The number of benzene rings is 2. The molecule has 3 rings (SSSR count). The Morgan fingerprint density at radius 2 is 1.76 bits per heavy atom. The first-order valence-electron chi connectivity index (χ1n) is 12.5. The highest BCUT2D eigenvalue weighted by Gasteiger charge is 2.20. The molecule has 0 saturated heterocycles. The van der Waals surface area contributed by atoms with Gasteiger partial charge in [0.15, 0.2) is 0 Å². The van der Waals surface area contributed by atoms with E-state index in [1.807, 2.05) is 24.3 Å². The number of rotatable bonds is 12. The number of nitrogens with zero attached hydrogens (tertiary/aromatic N) is 2. The zero-order valence-corrected chi connectivity index (χ0v) is 19.6. The first-order valence-corrected chi connectivity index (χ1v) is 11.5. The summed E-state index contributed by atoms with van der Waals surface area (Å²) in [5.41, 5.74) is 2.50. The van der Waals surface area contributed by atoms with E-state index < -0.39 is 24.4 Å². The first-order chi connectivity index (χ1) is 17.2. The predicted octanol–water partition coefficient (Wildman–Crippen LogP) is 5.82. The van der Waals surface area contributed by atoms with Gasteiger partial charge in [-0.15, -0.1) is 0 Å². The molecule has 0 aliphatic rings. The molecule has 0 radical (unpaired) electrons. The molecule has 34 heavy (non-hydrogen) atoms. The largest absolute Gasteiger partial charge is 0.493 e. The van der Waals surface area contributed by atoms with Crippen molar-refractivity contribution in [3.63, 3.8) is 0 Å². The smallest absolute Gasteiger partial charge is 0.303 e. The number of carbonyl (C=O) groups excluding carboxylic acids is 1. The number of carboxylic acids is 1. The number of aromatic nitrogens is 1. The van der Waals surface area contributed by atoms with Crippen LogP contribution in [0.3, 0.4) is 0 Å². The van der Waals surface area contributed by atoms with Crippen molar-refractivity contribution in [2.24, 2.45) is 0 Å². The Balaban J connectivity index is 1.78. The van der Waals surface area contributed by atoms with Gasteiger partial charge in [-0.3, -0.25) is 14.6 Å². The summed E-state index contributed by atoms with van der Waals surface area (Å²) in [5.74, 6) is -0.873. The Morgan fingerprint density at radius 3 is 2.44 bits per heavy atom. The van der Waals surface area contributed by atoms with E-state index in [0.717, 1.165) is 11.1 Å². The van der Waals surface area contributed by atoms with Gasteiger partial charge in [0.1, 0.15) is 5.75 Å². The van der Waals surface area contributed by atoms with Crippen LogP contribution in [0.4, 0.5) is 0 Å². The average Bonchev–Trinajstić information content (AvgIpc) is 2.86. The lowest BCUT2D eigenvalue weighted by atomic mass is 10.0. The van der Waals surface area contributed by atoms with E-state index in [0.29, 0.717) is 37.2 Å². The predicted molar refractivity (Wildman–Crippen MR) is 133 cm³/mol. The summed E-state index contributed by atoms with van der Waals surface area (Å²) in [5, 5.41) is 8.76. The van der Waals surface area contributed by atoms with Gasteiger partial charge in [-0.25, -0.2) is 0 Å². The van der Waals surface area contributed by atoms with Gasteiger partial charge in [0, 0.05) is 42.5 Å². The maximum Gasteiger partial charge on any atom is 0.303 e. The first kappa shape index (κ1) is 22.1. The lowest BCUT2D eigenvalue weighted by Gasteiger charge is -2.28. The monoisotopic (exact) mass is 462 g/mol. The Hall–Kier alpha value is -3.67. The Morgan fingerprint density at radius 1 is 1.00 bits per heavy atom. The van der Waals surface area contributed by atoms with Crippen LogP contribution in [0.2, 0.25) is 0 Å². The van der Waals surface area contributed by atoms with Crippen molar-refractivity contribution < 1.29 is 22.2 Å². The summed E-state index contributed by atoms with van der Waals surface area (Å²) in [6.45, 7) is 1.77. The van der Waals surface area contributed by atoms with Crippen LogP contribution >= 0.6 is 0 Å². The van der Waals surface area contributed by atoms with Crippen molar-refractivity contribution in [1.82, 2.24) is 9.88 Å². The minimum absolute atomic E-state index is 0.119. The number of ether oxygens (including phenoxy) is 1. The molecule has 0 aliphatic heterocycles. The molecular weight excluding hydrogens is 428 g/mol. The molecule has 2 aromatic carbocycles. The van der Waals surface area contributed by atoms with Crippen LogP contribution in [-0.2, 0) is 11.3 Å². The molecule has 0 atom stereocenters. The van der Waals surface area contributed by atoms with Crippen LogP contribution in [0, 0.1) is 0 Å². The quantitative estimate of drug-likeness (QED) is 0.343.